The average Bonchev–Trinajstić information content (AvgIpc) is 3.06. The topological polar surface area (TPSA) is 36.4 Å². The van der Waals surface area contributed by atoms with E-state index in [2.05, 4.69) is 28.1 Å². The first-order valence-corrected chi connectivity index (χ1v) is 8.52. The van der Waals surface area contributed by atoms with Crippen molar-refractivity contribution in [2.24, 2.45) is 0 Å². The molecule has 0 fully saturated rings. The summed E-state index contributed by atoms with van der Waals surface area (Å²) >= 11 is 1.59. The van der Waals surface area contributed by atoms with Crippen LogP contribution in [0.2, 0.25) is 0 Å². The number of carbonyl (C=O) groups excluding carboxylic acids is 1. The van der Waals surface area contributed by atoms with Gasteiger partial charge < -0.3 is 4.90 Å². The molecular formula is C17H21N3OS. The number of likely N-dealkylation sites (N-methyl/N-ethyl adjacent to an activating group) is 1. The van der Waals surface area contributed by atoms with E-state index in [0.717, 1.165) is 25.2 Å². The molecule has 0 bridgehead atoms. The minimum Gasteiger partial charge on any atom is -0.337 e. The highest BCUT2D eigenvalue weighted by Gasteiger charge is 2.26. The second-order valence-electron chi connectivity index (χ2n) is 5.85. The molecule has 1 aliphatic heterocycles. The summed E-state index contributed by atoms with van der Waals surface area (Å²) in [6, 6.07) is 8.27. The highest BCUT2D eigenvalue weighted by molar-refractivity contribution is 7.07. The molecule has 0 spiro atoms. The van der Waals surface area contributed by atoms with Crippen LogP contribution in [0.5, 0.6) is 0 Å². The van der Waals surface area contributed by atoms with Crippen LogP contribution in [-0.4, -0.2) is 40.3 Å². The number of aromatic nitrogens is 1. The summed E-state index contributed by atoms with van der Waals surface area (Å²) in [4.78, 5) is 21.1. The highest BCUT2D eigenvalue weighted by Crippen LogP contribution is 2.20. The third-order valence-electron chi connectivity index (χ3n) is 4.36. The van der Waals surface area contributed by atoms with Gasteiger partial charge in [0.2, 0.25) is 5.91 Å². The molecule has 0 saturated heterocycles. The van der Waals surface area contributed by atoms with Gasteiger partial charge in [0.05, 0.1) is 17.2 Å². The van der Waals surface area contributed by atoms with E-state index >= 15 is 0 Å². The van der Waals surface area contributed by atoms with E-state index in [1.54, 1.807) is 11.3 Å². The number of hydrogen-bond acceptors (Lipinski definition) is 4. The summed E-state index contributed by atoms with van der Waals surface area (Å²) < 4.78 is 0. The zero-order valence-corrected chi connectivity index (χ0v) is 13.8. The highest BCUT2D eigenvalue weighted by atomic mass is 32.1. The summed E-state index contributed by atoms with van der Waals surface area (Å²) in [5.41, 5.74) is 5.50. The van der Waals surface area contributed by atoms with Gasteiger partial charge in [0, 0.05) is 25.0 Å². The largest absolute Gasteiger partial charge is 0.337 e. The maximum Gasteiger partial charge on any atom is 0.239 e. The molecule has 5 heteroatoms. The Morgan fingerprint density at radius 1 is 1.41 bits per heavy atom. The van der Waals surface area contributed by atoms with Gasteiger partial charge >= 0.3 is 0 Å². The zero-order chi connectivity index (χ0) is 15.5. The molecule has 1 aliphatic rings. The van der Waals surface area contributed by atoms with Gasteiger partial charge in [-0.1, -0.05) is 24.3 Å². The molecule has 2 aromatic rings. The van der Waals surface area contributed by atoms with E-state index < -0.39 is 0 Å². The van der Waals surface area contributed by atoms with Crippen LogP contribution in [0.25, 0.3) is 0 Å². The molecule has 1 amide bonds. The van der Waals surface area contributed by atoms with E-state index in [1.807, 2.05) is 35.8 Å². The lowest BCUT2D eigenvalue weighted by Gasteiger charge is -2.33. The quantitative estimate of drug-likeness (QED) is 0.870. The number of carbonyl (C=O) groups is 1. The number of hydrogen-bond donors (Lipinski definition) is 0. The van der Waals surface area contributed by atoms with Crippen LogP contribution in [-0.2, 0) is 24.3 Å². The van der Waals surface area contributed by atoms with Gasteiger partial charge in [0.1, 0.15) is 0 Å². The minimum absolute atomic E-state index is 0.132. The van der Waals surface area contributed by atoms with Gasteiger partial charge in [-0.2, -0.15) is 0 Å². The molecule has 1 aromatic heterocycles. The molecule has 0 aliphatic carbocycles. The van der Waals surface area contributed by atoms with Crippen molar-refractivity contribution < 1.29 is 4.79 Å². The van der Waals surface area contributed by atoms with E-state index in [-0.39, 0.29) is 11.9 Å². The lowest BCUT2D eigenvalue weighted by molar-refractivity contribution is -0.137. The number of thiazole rings is 1. The normalized spacial score (nSPS) is 15.7. The molecule has 1 aromatic carbocycles. The van der Waals surface area contributed by atoms with Crippen molar-refractivity contribution in [3.8, 4) is 0 Å². The second-order valence-corrected chi connectivity index (χ2v) is 6.57. The van der Waals surface area contributed by atoms with Crippen molar-refractivity contribution in [3.63, 3.8) is 0 Å². The molecule has 0 N–H and O–H groups in total. The third kappa shape index (κ3) is 3.20. The number of amides is 1. The lowest BCUT2D eigenvalue weighted by atomic mass is 9.99. The van der Waals surface area contributed by atoms with Crippen LogP contribution in [0, 0.1) is 0 Å². The van der Waals surface area contributed by atoms with E-state index in [4.69, 9.17) is 0 Å². The molecule has 1 atom stereocenters. The van der Waals surface area contributed by atoms with Gasteiger partial charge in [-0.3, -0.25) is 9.69 Å². The Balaban J connectivity index is 1.64. The van der Waals surface area contributed by atoms with Gasteiger partial charge in [-0.25, -0.2) is 4.98 Å². The van der Waals surface area contributed by atoms with Gasteiger partial charge in [0.25, 0.3) is 0 Å². The molecule has 22 heavy (non-hydrogen) atoms. The van der Waals surface area contributed by atoms with Crippen LogP contribution in [0.15, 0.2) is 35.2 Å². The molecule has 0 radical (unpaired) electrons. The third-order valence-corrected chi connectivity index (χ3v) is 4.99. The van der Waals surface area contributed by atoms with Gasteiger partial charge in [-0.15, -0.1) is 11.3 Å². The van der Waals surface area contributed by atoms with Crippen LogP contribution >= 0.6 is 11.3 Å². The smallest absolute Gasteiger partial charge is 0.239 e. The number of nitrogens with zero attached hydrogens (tertiary/aromatic N) is 3. The van der Waals surface area contributed by atoms with Crippen molar-refractivity contribution in [3.05, 3.63) is 52.0 Å². The second kappa shape index (κ2) is 6.58. The number of rotatable bonds is 4. The monoisotopic (exact) mass is 315 g/mol. The van der Waals surface area contributed by atoms with Crippen molar-refractivity contribution >= 4 is 17.2 Å². The van der Waals surface area contributed by atoms with Crippen LogP contribution in [0.3, 0.4) is 0 Å². The summed E-state index contributed by atoms with van der Waals surface area (Å²) in [7, 11) is 1.99. The summed E-state index contributed by atoms with van der Waals surface area (Å²) in [6.07, 6.45) is 0.949. The van der Waals surface area contributed by atoms with E-state index in [0.29, 0.717) is 6.54 Å². The van der Waals surface area contributed by atoms with Crippen molar-refractivity contribution in [2.75, 3.05) is 13.6 Å². The van der Waals surface area contributed by atoms with Crippen LogP contribution in [0.4, 0.5) is 0 Å². The number of fused-ring (bicyclic) bond motifs is 1. The molecule has 2 heterocycles. The SMILES string of the molecule is C[C@@H](C(=O)N1CCc2ccccc2C1)N(C)Cc1cscn1. The maximum absolute atomic E-state index is 12.7. The molecule has 116 valence electrons. The lowest BCUT2D eigenvalue weighted by Crippen LogP contribution is -2.47. The van der Waals surface area contributed by atoms with Crippen molar-refractivity contribution in [2.45, 2.75) is 32.5 Å². The predicted octanol–water partition coefficient (Wildman–Crippen LogP) is 2.55. The summed E-state index contributed by atoms with van der Waals surface area (Å²) in [5.74, 6) is 0.201. The van der Waals surface area contributed by atoms with E-state index in [9.17, 15) is 4.79 Å². The van der Waals surface area contributed by atoms with Crippen molar-refractivity contribution in [1.82, 2.24) is 14.8 Å². The molecule has 4 nitrogen and oxygen atoms in total. The van der Waals surface area contributed by atoms with Crippen LogP contribution in [0.1, 0.15) is 23.7 Å². The zero-order valence-electron chi connectivity index (χ0n) is 13.0. The Bertz CT molecular complexity index is 641. The fourth-order valence-corrected chi connectivity index (χ4v) is 3.39. The molecule has 0 unspecified atom stereocenters. The molecule has 0 saturated carbocycles. The Labute approximate surface area is 135 Å². The first-order chi connectivity index (χ1) is 10.6. The van der Waals surface area contributed by atoms with Gasteiger partial charge in [0.15, 0.2) is 0 Å². The first-order valence-electron chi connectivity index (χ1n) is 7.58. The fraction of sp³-hybridized carbons (Fsp3) is 0.412. The summed E-state index contributed by atoms with van der Waals surface area (Å²) in [6.45, 7) is 4.23. The Morgan fingerprint density at radius 2 is 2.18 bits per heavy atom. The standard InChI is InChI=1S/C17H21N3OS/c1-13(19(2)10-16-11-22-12-18-16)17(21)20-8-7-14-5-3-4-6-15(14)9-20/h3-6,11-13H,7-10H2,1-2H3/t13-/m0/s1. The van der Waals surface area contributed by atoms with Gasteiger partial charge in [-0.05, 0) is 31.5 Å². The van der Waals surface area contributed by atoms with Crippen LogP contribution < -0.4 is 0 Å². The average molecular weight is 315 g/mol. The maximum atomic E-state index is 12.7. The first kappa shape index (κ1) is 15.2. The molecule has 3 rings (SSSR count). The predicted molar refractivity (Wildman–Crippen MR) is 88.6 cm³/mol. The Kier molecular flexibility index (Phi) is 4.55. The molecular weight excluding hydrogens is 294 g/mol. The van der Waals surface area contributed by atoms with E-state index in [1.165, 1.54) is 11.1 Å². The fourth-order valence-electron chi connectivity index (χ4n) is 2.84. The number of benzene rings is 1. The Hall–Kier alpha value is -1.72. The minimum atomic E-state index is -0.132. The Morgan fingerprint density at radius 3 is 2.91 bits per heavy atom. The van der Waals surface area contributed by atoms with Crippen molar-refractivity contribution in [1.29, 1.82) is 0 Å². The summed E-state index contributed by atoms with van der Waals surface area (Å²) in [5, 5.41) is 2.03.